The van der Waals surface area contributed by atoms with Gasteiger partial charge in [-0.1, -0.05) is 11.6 Å². The third kappa shape index (κ3) is 2.60. The van der Waals surface area contributed by atoms with Crippen molar-refractivity contribution in [3.63, 3.8) is 0 Å². The van der Waals surface area contributed by atoms with E-state index in [0.29, 0.717) is 22.6 Å². The van der Waals surface area contributed by atoms with Crippen molar-refractivity contribution >= 4 is 11.5 Å². The highest BCUT2D eigenvalue weighted by Crippen LogP contribution is 2.24. The van der Waals surface area contributed by atoms with E-state index in [-0.39, 0.29) is 5.78 Å². The van der Waals surface area contributed by atoms with Gasteiger partial charge in [-0.15, -0.1) is 0 Å². The predicted molar refractivity (Wildman–Crippen MR) is 76.8 cm³/mol. The van der Waals surface area contributed by atoms with Gasteiger partial charge in [0.1, 0.15) is 5.75 Å². The molecule has 0 saturated carbocycles. The second kappa shape index (κ2) is 5.14. The Morgan fingerprint density at radius 3 is 2.47 bits per heavy atom. The first-order chi connectivity index (χ1) is 9.02. The number of anilines is 1. The topological polar surface area (TPSA) is 52.3 Å². The number of methoxy groups -OCH3 is 1. The molecule has 19 heavy (non-hydrogen) atoms. The zero-order chi connectivity index (χ0) is 14.0. The molecular formula is C16H17NO2. The van der Waals surface area contributed by atoms with Crippen molar-refractivity contribution in [3.05, 3.63) is 58.7 Å². The molecule has 3 nitrogen and oxygen atoms in total. The van der Waals surface area contributed by atoms with Crippen LogP contribution in [-0.2, 0) is 0 Å². The van der Waals surface area contributed by atoms with Gasteiger partial charge in [-0.2, -0.15) is 0 Å². The van der Waals surface area contributed by atoms with Gasteiger partial charge in [0.05, 0.1) is 12.7 Å². The van der Waals surface area contributed by atoms with Gasteiger partial charge >= 0.3 is 0 Å². The van der Waals surface area contributed by atoms with Crippen LogP contribution in [0.1, 0.15) is 27.0 Å². The lowest BCUT2D eigenvalue weighted by molar-refractivity contribution is 0.103. The molecule has 0 amide bonds. The Labute approximate surface area is 113 Å². The van der Waals surface area contributed by atoms with Crippen molar-refractivity contribution in [2.75, 3.05) is 12.8 Å². The van der Waals surface area contributed by atoms with Gasteiger partial charge in [-0.05, 0) is 49.7 Å². The highest BCUT2D eigenvalue weighted by Gasteiger charge is 2.15. The van der Waals surface area contributed by atoms with Crippen molar-refractivity contribution in [1.82, 2.24) is 0 Å². The maximum atomic E-state index is 12.5. The summed E-state index contributed by atoms with van der Waals surface area (Å²) in [7, 11) is 1.57. The number of benzene rings is 2. The minimum Gasteiger partial charge on any atom is -0.496 e. The zero-order valence-corrected chi connectivity index (χ0v) is 11.4. The van der Waals surface area contributed by atoms with E-state index in [9.17, 15) is 4.79 Å². The Morgan fingerprint density at radius 1 is 1.11 bits per heavy atom. The molecule has 0 atom stereocenters. The monoisotopic (exact) mass is 255 g/mol. The minimum atomic E-state index is -0.0522. The van der Waals surface area contributed by atoms with Crippen LogP contribution in [0.15, 0.2) is 36.4 Å². The number of carbonyl (C=O) groups excluding carboxylic acids is 1. The first-order valence-corrected chi connectivity index (χ1v) is 6.08. The first-order valence-electron chi connectivity index (χ1n) is 6.08. The molecule has 0 aromatic heterocycles. The summed E-state index contributed by atoms with van der Waals surface area (Å²) in [5.41, 5.74) is 9.58. The Balaban J connectivity index is 2.49. The van der Waals surface area contributed by atoms with E-state index in [4.69, 9.17) is 10.5 Å². The zero-order valence-electron chi connectivity index (χ0n) is 11.4. The molecule has 3 heteroatoms. The van der Waals surface area contributed by atoms with Crippen LogP contribution in [0.25, 0.3) is 0 Å². The SMILES string of the molecule is COc1ccc(C)cc1C(=O)c1ccc(N)c(C)c1. The maximum Gasteiger partial charge on any atom is 0.196 e. The summed E-state index contributed by atoms with van der Waals surface area (Å²) in [5, 5.41) is 0. The number of carbonyl (C=O) groups is 1. The van der Waals surface area contributed by atoms with Gasteiger partial charge in [-0.25, -0.2) is 0 Å². The van der Waals surface area contributed by atoms with Gasteiger partial charge in [0.15, 0.2) is 5.78 Å². The van der Waals surface area contributed by atoms with E-state index in [1.807, 2.05) is 32.0 Å². The Bertz CT molecular complexity index is 633. The summed E-state index contributed by atoms with van der Waals surface area (Å²) >= 11 is 0. The van der Waals surface area contributed by atoms with Crippen LogP contribution < -0.4 is 10.5 Å². The van der Waals surface area contributed by atoms with Crippen molar-refractivity contribution in [1.29, 1.82) is 0 Å². The third-order valence-corrected chi connectivity index (χ3v) is 3.13. The molecule has 2 aromatic rings. The molecule has 0 aliphatic rings. The quantitative estimate of drug-likeness (QED) is 0.677. The summed E-state index contributed by atoms with van der Waals surface area (Å²) in [6.07, 6.45) is 0. The number of hydrogen-bond donors (Lipinski definition) is 1. The van der Waals surface area contributed by atoms with E-state index in [1.54, 1.807) is 25.3 Å². The second-order valence-electron chi connectivity index (χ2n) is 4.60. The second-order valence-corrected chi connectivity index (χ2v) is 4.60. The third-order valence-electron chi connectivity index (χ3n) is 3.13. The van der Waals surface area contributed by atoms with Crippen molar-refractivity contribution in [2.45, 2.75) is 13.8 Å². The smallest absolute Gasteiger partial charge is 0.196 e. The molecule has 2 aromatic carbocycles. The standard InChI is InChI=1S/C16H17NO2/c1-10-4-7-15(19-3)13(8-10)16(18)12-5-6-14(17)11(2)9-12/h4-9H,17H2,1-3H3. The van der Waals surface area contributed by atoms with Crippen LogP contribution in [0.5, 0.6) is 5.75 Å². The lowest BCUT2D eigenvalue weighted by Crippen LogP contribution is -2.05. The van der Waals surface area contributed by atoms with Crippen LogP contribution >= 0.6 is 0 Å². The highest BCUT2D eigenvalue weighted by molar-refractivity contribution is 6.11. The average Bonchev–Trinajstić information content (AvgIpc) is 2.41. The molecule has 98 valence electrons. The summed E-state index contributed by atoms with van der Waals surface area (Å²) in [6.45, 7) is 3.84. The van der Waals surface area contributed by atoms with Gasteiger partial charge in [-0.3, -0.25) is 4.79 Å². The molecule has 0 aliphatic heterocycles. The van der Waals surface area contributed by atoms with Gasteiger partial charge in [0.25, 0.3) is 0 Å². The molecule has 2 rings (SSSR count). The van der Waals surface area contributed by atoms with Crippen LogP contribution in [0, 0.1) is 13.8 Å². The fourth-order valence-corrected chi connectivity index (χ4v) is 1.97. The van der Waals surface area contributed by atoms with Crippen molar-refractivity contribution in [2.24, 2.45) is 0 Å². The van der Waals surface area contributed by atoms with E-state index in [1.165, 1.54) is 0 Å². The summed E-state index contributed by atoms with van der Waals surface area (Å²) in [4.78, 5) is 12.5. The van der Waals surface area contributed by atoms with E-state index < -0.39 is 0 Å². The molecular weight excluding hydrogens is 238 g/mol. The van der Waals surface area contributed by atoms with Crippen molar-refractivity contribution < 1.29 is 9.53 Å². The number of rotatable bonds is 3. The van der Waals surface area contributed by atoms with E-state index >= 15 is 0 Å². The predicted octanol–water partition coefficient (Wildman–Crippen LogP) is 3.13. The average molecular weight is 255 g/mol. The Morgan fingerprint density at radius 2 is 1.84 bits per heavy atom. The van der Waals surface area contributed by atoms with Crippen molar-refractivity contribution in [3.8, 4) is 5.75 Å². The van der Waals surface area contributed by atoms with Crippen LogP contribution in [0.2, 0.25) is 0 Å². The molecule has 0 aliphatic carbocycles. The molecule has 2 N–H and O–H groups in total. The lowest BCUT2D eigenvalue weighted by Gasteiger charge is -2.09. The van der Waals surface area contributed by atoms with Crippen LogP contribution in [0.3, 0.4) is 0 Å². The van der Waals surface area contributed by atoms with Gasteiger partial charge in [0, 0.05) is 11.3 Å². The Hall–Kier alpha value is -2.29. The number of hydrogen-bond acceptors (Lipinski definition) is 3. The van der Waals surface area contributed by atoms with Crippen LogP contribution in [-0.4, -0.2) is 12.9 Å². The number of ether oxygens (including phenoxy) is 1. The lowest BCUT2D eigenvalue weighted by atomic mass is 9.99. The molecule has 0 bridgehead atoms. The molecule has 0 fully saturated rings. The number of ketones is 1. The Kier molecular flexibility index (Phi) is 3.56. The normalized spacial score (nSPS) is 10.3. The number of nitrogen functional groups attached to an aromatic ring is 1. The molecule has 0 spiro atoms. The van der Waals surface area contributed by atoms with Gasteiger partial charge in [0.2, 0.25) is 0 Å². The number of aryl methyl sites for hydroxylation is 2. The van der Waals surface area contributed by atoms with Gasteiger partial charge < -0.3 is 10.5 Å². The van der Waals surface area contributed by atoms with E-state index in [2.05, 4.69) is 0 Å². The molecule has 0 heterocycles. The number of nitrogens with two attached hydrogens (primary N) is 1. The fourth-order valence-electron chi connectivity index (χ4n) is 1.97. The highest BCUT2D eigenvalue weighted by atomic mass is 16.5. The largest absolute Gasteiger partial charge is 0.496 e. The minimum absolute atomic E-state index is 0.0522. The molecule has 0 saturated heterocycles. The van der Waals surface area contributed by atoms with E-state index in [0.717, 1.165) is 11.1 Å². The summed E-state index contributed by atoms with van der Waals surface area (Å²) < 4.78 is 5.25. The van der Waals surface area contributed by atoms with Crippen LogP contribution in [0.4, 0.5) is 5.69 Å². The summed E-state index contributed by atoms with van der Waals surface area (Å²) in [5.74, 6) is 0.536. The first kappa shape index (κ1) is 13.1. The fraction of sp³-hybridized carbons (Fsp3) is 0.188. The molecule has 0 unspecified atom stereocenters. The maximum absolute atomic E-state index is 12.5. The summed E-state index contributed by atoms with van der Waals surface area (Å²) in [6, 6.07) is 10.9. The molecule has 0 radical (unpaired) electrons.